The van der Waals surface area contributed by atoms with Gasteiger partial charge in [0.2, 0.25) is 0 Å². The number of fused-ring (bicyclic) bond motifs is 1. The molecule has 94 valence electrons. The molecule has 3 heteroatoms. The van der Waals surface area contributed by atoms with Crippen molar-refractivity contribution in [2.45, 2.75) is 26.4 Å². The zero-order valence-electron chi connectivity index (χ0n) is 10.7. The normalized spacial score (nSPS) is 17.8. The zero-order valence-corrected chi connectivity index (χ0v) is 11.5. The van der Waals surface area contributed by atoms with Crippen LogP contribution in [-0.2, 0) is 6.42 Å². The van der Waals surface area contributed by atoms with Crippen molar-refractivity contribution < 1.29 is 4.74 Å². The summed E-state index contributed by atoms with van der Waals surface area (Å²) < 4.78 is 6.10. The van der Waals surface area contributed by atoms with Crippen LogP contribution in [0.4, 0.5) is 5.69 Å². The van der Waals surface area contributed by atoms with Gasteiger partial charge in [-0.15, -0.1) is 11.3 Å². The molecule has 1 unspecified atom stereocenters. The third kappa shape index (κ3) is 2.10. The molecular formula is C15H17NOS. The largest absolute Gasteiger partial charge is 0.481 e. The summed E-state index contributed by atoms with van der Waals surface area (Å²) in [6, 6.07) is 10.7. The molecule has 1 atom stereocenters. The van der Waals surface area contributed by atoms with Crippen LogP contribution in [0.3, 0.4) is 0 Å². The van der Waals surface area contributed by atoms with Gasteiger partial charge in [0.25, 0.3) is 0 Å². The summed E-state index contributed by atoms with van der Waals surface area (Å²) in [5, 5.41) is 3.45. The number of ether oxygens (including phenoxy) is 1. The van der Waals surface area contributed by atoms with E-state index in [2.05, 4.69) is 49.5 Å². The molecule has 0 saturated carbocycles. The van der Waals surface area contributed by atoms with E-state index in [1.165, 1.54) is 15.3 Å². The molecule has 0 radical (unpaired) electrons. The van der Waals surface area contributed by atoms with Gasteiger partial charge in [-0.05, 0) is 43.2 Å². The Morgan fingerprint density at radius 1 is 1.33 bits per heavy atom. The van der Waals surface area contributed by atoms with Gasteiger partial charge in [0.05, 0.1) is 12.2 Å². The molecule has 1 aliphatic rings. The third-order valence-corrected chi connectivity index (χ3v) is 4.55. The van der Waals surface area contributed by atoms with Gasteiger partial charge in [0.15, 0.2) is 6.10 Å². The standard InChI is InChI=1S/C15H17NOS/c1-3-11-5-7-15(18-11)14-9-16-12-6-4-10(2)8-13(12)17-14/h4-8,14,16H,3,9H2,1-2H3. The van der Waals surface area contributed by atoms with Crippen LogP contribution in [0.1, 0.15) is 28.3 Å². The summed E-state index contributed by atoms with van der Waals surface area (Å²) in [4.78, 5) is 2.73. The van der Waals surface area contributed by atoms with Crippen molar-refractivity contribution in [3.8, 4) is 5.75 Å². The molecule has 0 saturated heterocycles. The highest BCUT2D eigenvalue weighted by molar-refractivity contribution is 7.12. The van der Waals surface area contributed by atoms with Crippen molar-refractivity contribution in [2.75, 3.05) is 11.9 Å². The van der Waals surface area contributed by atoms with Gasteiger partial charge in [-0.25, -0.2) is 0 Å². The molecule has 0 aliphatic carbocycles. The first-order valence-electron chi connectivity index (χ1n) is 6.36. The van der Waals surface area contributed by atoms with E-state index in [0.29, 0.717) is 0 Å². The van der Waals surface area contributed by atoms with Crippen LogP contribution in [0.15, 0.2) is 30.3 Å². The van der Waals surface area contributed by atoms with E-state index in [0.717, 1.165) is 24.4 Å². The molecule has 2 aromatic rings. The van der Waals surface area contributed by atoms with Gasteiger partial charge in [0, 0.05) is 9.75 Å². The van der Waals surface area contributed by atoms with Gasteiger partial charge in [-0.2, -0.15) is 0 Å². The molecule has 0 fully saturated rings. The first-order valence-corrected chi connectivity index (χ1v) is 7.17. The molecule has 1 N–H and O–H groups in total. The van der Waals surface area contributed by atoms with Crippen LogP contribution in [0.2, 0.25) is 0 Å². The molecule has 0 spiro atoms. The highest BCUT2D eigenvalue weighted by atomic mass is 32.1. The van der Waals surface area contributed by atoms with Crippen molar-refractivity contribution in [1.82, 2.24) is 0 Å². The molecule has 2 nitrogen and oxygen atoms in total. The number of rotatable bonds is 2. The average molecular weight is 259 g/mol. The molecular weight excluding hydrogens is 242 g/mol. The lowest BCUT2D eigenvalue weighted by molar-refractivity contribution is 0.214. The van der Waals surface area contributed by atoms with Crippen molar-refractivity contribution in [3.05, 3.63) is 45.6 Å². The topological polar surface area (TPSA) is 21.3 Å². The van der Waals surface area contributed by atoms with E-state index in [9.17, 15) is 0 Å². The number of hydrogen-bond acceptors (Lipinski definition) is 3. The lowest BCUT2D eigenvalue weighted by Gasteiger charge is -2.27. The monoisotopic (exact) mass is 259 g/mol. The second-order valence-corrected chi connectivity index (χ2v) is 5.84. The molecule has 0 amide bonds. The first kappa shape index (κ1) is 11.6. The van der Waals surface area contributed by atoms with E-state index >= 15 is 0 Å². The summed E-state index contributed by atoms with van der Waals surface area (Å²) in [5.74, 6) is 0.970. The summed E-state index contributed by atoms with van der Waals surface area (Å²) in [7, 11) is 0. The number of thiophene rings is 1. The van der Waals surface area contributed by atoms with E-state index in [-0.39, 0.29) is 6.10 Å². The fourth-order valence-corrected chi connectivity index (χ4v) is 3.17. The van der Waals surface area contributed by atoms with Crippen LogP contribution in [0.5, 0.6) is 5.75 Å². The van der Waals surface area contributed by atoms with Crippen LogP contribution in [0, 0.1) is 6.92 Å². The Labute approximate surface area is 112 Å². The smallest absolute Gasteiger partial charge is 0.150 e. The number of aryl methyl sites for hydroxylation is 2. The SMILES string of the molecule is CCc1ccc(C2CNc3ccc(C)cc3O2)s1. The molecule has 18 heavy (non-hydrogen) atoms. The van der Waals surface area contributed by atoms with Gasteiger partial charge in [-0.3, -0.25) is 0 Å². The predicted octanol–water partition coefficient (Wildman–Crippen LogP) is 4.16. The van der Waals surface area contributed by atoms with E-state index in [4.69, 9.17) is 4.74 Å². The molecule has 0 bridgehead atoms. The quantitative estimate of drug-likeness (QED) is 0.874. The van der Waals surface area contributed by atoms with Crippen LogP contribution in [-0.4, -0.2) is 6.54 Å². The maximum atomic E-state index is 6.10. The van der Waals surface area contributed by atoms with Crippen LogP contribution in [0.25, 0.3) is 0 Å². The molecule has 2 heterocycles. The Balaban J connectivity index is 1.85. The van der Waals surface area contributed by atoms with Gasteiger partial charge in [-0.1, -0.05) is 13.0 Å². The molecule has 3 rings (SSSR count). The second kappa shape index (κ2) is 4.65. The Morgan fingerprint density at radius 3 is 3.00 bits per heavy atom. The maximum Gasteiger partial charge on any atom is 0.150 e. The fraction of sp³-hybridized carbons (Fsp3) is 0.333. The summed E-state index contributed by atoms with van der Waals surface area (Å²) in [5.41, 5.74) is 2.33. The third-order valence-electron chi connectivity index (χ3n) is 3.23. The maximum absolute atomic E-state index is 6.10. The van der Waals surface area contributed by atoms with E-state index in [1.54, 1.807) is 0 Å². The van der Waals surface area contributed by atoms with Crippen molar-refractivity contribution in [1.29, 1.82) is 0 Å². The van der Waals surface area contributed by atoms with Crippen molar-refractivity contribution in [2.24, 2.45) is 0 Å². The van der Waals surface area contributed by atoms with Crippen molar-refractivity contribution >= 4 is 17.0 Å². The molecule has 1 aromatic carbocycles. The van der Waals surface area contributed by atoms with Crippen LogP contribution < -0.4 is 10.1 Å². The second-order valence-electron chi connectivity index (χ2n) is 4.64. The number of hydrogen-bond donors (Lipinski definition) is 1. The van der Waals surface area contributed by atoms with Gasteiger partial charge < -0.3 is 10.1 Å². The minimum absolute atomic E-state index is 0.143. The number of nitrogens with one attached hydrogen (secondary N) is 1. The molecule has 1 aromatic heterocycles. The number of benzene rings is 1. The first-order chi connectivity index (χ1) is 8.76. The van der Waals surface area contributed by atoms with E-state index < -0.39 is 0 Å². The highest BCUT2D eigenvalue weighted by Crippen LogP contribution is 2.36. The minimum atomic E-state index is 0.143. The Bertz CT molecular complexity index is 561. The van der Waals surface area contributed by atoms with E-state index in [1.807, 2.05) is 11.3 Å². The highest BCUT2D eigenvalue weighted by Gasteiger charge is 2.22. The lowest BCUT2D eigenvalue weighted by atomic mass is 10.1. The zero-order chi connectivity index (χ0) is 12.5. The Kier molecular flexibility index (Phi) is 3.00. The van der Waals surface area contributed by atoms with Gasteiger partial charge >= 0.3 is 0 Å². The minimum Gasteiger partial charge on any atom is -0.481 e. The lowest BCUT2D eigenvalue weighted by Crippen LogP contribution is -2.22. The Hall–Kier alpha value is -1.48. The van der Waals surface area contributed by atoms with Gasteiger partial charge in [0.1, 0.15) is 5.75 Å². The molecule has 1 aliphatic heterocycles. The summed E-state index contributed by atoms with van der Waals surface area (Å²) >= 11 is 1.85. The average Bonchev–Trinajstić information content (AvgIpc) is 2.86. The van der Waals surface area contributed by atoms with Crippen LogP contribution >= 0.6 is 11.3 Å². The summed E-state index contributed by atoms with van der Waals surface area (Å²) in [6.45, 7) is 5.13. The Morgan fingerprint density at radius 2 is 2.22 bits per heavy atom. The summed E-state index contributed by atoms with van der Waals surface area (Å²) in [6.07, 6.45) is 1.24. The number of anilines is 1. The predicted molar refractivity (Wildman–Crippen MR) is 76.7 cm³/mol. The van der Waals surface area contributed by atoms with Crippen molar-refractivity contribution in [3.63, 3.8) is 0 Å². The fourth-order valence-electron chi connectivity index (χ4n) is 2.19.